The standard InChI is InChI=1S/C18H13N3O3/c22-18(14-8-10-16(11-9-14)21(23)24)20-19-12-15-6-3-5-13-4-1-2-7-17(13)15/h1-12H,(H,20,22). The number of benzene rings is 3. The van der Waals surface area contributed by atoms with E-state index in [0.29, 0.717) is 5.56 Å². The molecule has 0 heterocycles. The van der Waals surface area contributed by atoms with Crippen molar-refractivity contribution in [1.82, 2.24) is 5.43 Å². The molecular formula is C18H13N3O3. The van der Waals surface area contributed by atoms with Gasteiger partial charge in [-0.1, -0.05) is 42.5 Å². The van der Waals surface area contributed by atoms with E-state index in [1.165, 1.54) is 24.3 Å². The zero-order valence-electron chi connectivity index (χ0n) is 12.5. The lowest BCUT2D eigenvalue weighted by molar-refractivity contribution is -0.384. The van der Waals surface area contributed by atoms with Crippen molar-refractivity contribution < 1.29 is 9.72 Å². The fourth-order valence-corrected chi connectivity index (χ4v) is 2.32. The highest BCUT2D eigenvalue weighted by atomic mass is 16.6. The second-order valence-electron chi connectivity index (χ2n) is 5.07. The highest BCUT2D eigenvalue weighted by Crippen LogP contribution is 2.16. The number of carbonyl (C=O) groups excluding carboxylic acids is 1. The van der Waals surface area contributed by atoms with E-state index in [1.807, 2.05) is 42.5 Å². The van der Waals surface area contributed by atoms with Gasteiger partial charge in [0.05, 0.1) is 11.1 Å². The van der Waals surface area contributed by atoms with Crippen LogP contribution in [0.2, 0.25) is 0 Å². The molecule has 1 N–H and O–H groups in total. The van der Waals surface area contributed by atoms with Gasteiger partial charge in [-0.2, -0.15) is 5.10 Å². The molecule has 3 aromatic carbocycles. The fourth-order valence-electron chi connectivity index (χ4n) is 2.32. The smallest absolute Gasteiger partial charge is 0.267 e. The van der Waals surface area contributed by atoms with Crippen LogP contribution >= 0.6 is 0 Å². The molecule has 0 fully saturated rings. The zero-order chi connectivity index (χ0) is 16.9. The van der Waals surface area contributed by atoms with Crippen LogP contribution in [0, 0.1) is 10.1 Å². The van der Waals surface area contributed by atoms with Crippen LogP contribution in [0.3, 0.4) is 0 Å². The predicted octanol–water partition coefficient (Wildman–Crippen LogP) is 3.51. The summed E-state index contributed by atoms with van der Waals surface area (Å²) in [6.45, 7) is 0. The topological polar surface area (TPSA) is 84.6 Å². The maximum absolute atomic E-state index is 12.0. The van der Waals surface area contributed by atoms with Gasteiger partial charge in [0.25, 0.3) is 11.6 Å². The molecule has 0 aromatic heterocycles. The van der Waals surface area contributed by atoms with Gasteiger partial charge < -0.3 is 0 Å². The summed E-state index contributed by atoms with van der Waals surface area (Å²) in [7, 11) is 0. The van der Waals surface area contributed by atoms with Gasteiger partial charge in [0.2, 0.25) is 0 Å². The number of rotatable bonds is 4. The van der Waals surface area contributed by atoms with Gasteiger partial charge in [-0.15, -0.1) is 0 Å². The molecule has 0 saturated heterocycles. The normalized spacial score (nSPS) is 10.8. The van der Waals surface area contributed by atoms with Crippen LogP contribution < -0.4 is 5.43 Å². The van der Waals surface area contributed by atoms with E-state index < -0.39 is 10.8 Å². The molecule has 0 aliphatic heterocycles. The molecule has 118 valence electrons. The molecule has 0 aliphatic carbocycles. The number of hydrogen-bond acceptors (Lipinski definition) is 4. The Kier molecular flexibility index (Phi) is 4.29. The minimum absolute atomic E-state index is 0.0641. The number of hydrogen-bond donors (Lipinski definition) is 1. The molecule has 1 amide bonds. The van der Waals surface area contributed by atoms with Crippen LogP contribution in [0.5, 0.6) is 0 Å². The van der Waals surface area contributed by atoms with Crippen molar-refractivity contribution in [2.45, 2.75) is 0 Å². The Hall–Kier alpha value is -3.54. The lowest BCUT2D eigenvalue weighted by Crippen LogP contribution is -2.17. The maximum atomic E-state index is 12.0. The van der Waals surface area contributed by atoms with Gasteiger partial charge >= 0.3 is 0 Å². The predicted molar refractivity (Wildman–Crippen MR) is 92.1 cm³/mol. The van der Waals surface area contributed by atoms with E-state index in [4.69, 9.17) is 0 Å². The van der Waals surface area contributed by atoms with E-state index in [-0.39, 0.29) is 5.69 Å². The summed E-state index contributed by atoms with van der Waals surface area (Å²) in [4.78, 5) is 22.1. The second-order valence-corrected chi connectivity index (χ2v) is 5.07. The summed E-state index contributed by atoms with van der Waals surface area (Å²) in [5.74, 6) is -0.429. The minimum Gasteiger partial charge on any atom is -0.267 e. The van der Waals surface area contributed by atoms with Crippen molar-refractivity contribution in [2.24, 2.45) is 5.10 Å². The van der Waals surface area contributed by atoms with Crippen molar-refractivity contribution in [3.63, 3.8) is 0 Å². The van der Waals surface area contributed by atoms with Gasteiger partial charge in [0, 0.05) is 23.3 Å². The quantitative estimate of drug-likeness (QED) is 0.453. The lowest BCUT2D eigenvalue weighted by Gasteiger charge is -2.02. The number of non-ortho nitro benzene ring substituents is 1. The Labute approximate surface area is 137 Å². The Morgan fingerprint density at radius 3 is 2.46 bits per heavy atom. The Morgan fingerprint density at radius 2 is 1.71 bits per heavy atom. The third kappa shape index (κ3) is 3.27. The van der Waals surface area contributed by atoms with E-state index in [1.54, 1.807) is 6.21 Å². The summed E-state index contributed by atoms with van der Waals surface area (Å²) < 4.78 is 0. The molecule has 0 radical (unpaired) electrons. The molecular weight excluding hydrogens is 306 g/mol. The van der Waals surface area contributed by atoms with Crippen LogP contribution in [-0.4, -0.2) is 17.0 Å². The summed E-state index contributed by atoms with van der Waals surface area (Å²) in [6, 6.07) is 19.0. The minimum atomic E-state index is -0.514. The highest BCUT2D eigenvalue weighted by molar-refractivity contribution is 6.00. The molecule has 0 saturated carbocycles. The average molecular weight is 319 g/mol. The third-order valence-electron chi connectivity index (χ3n) is 3.53. The van der Waals surface area contributed by atoms with E-state index in [2.05, 4.69) is 10.5 Å². The van der Waals surface area contributed by atoms with Crippen LogP contribution in [0.1, 0.15) is 15.9 Å². The van der Waals surface area contributed by atoms with Crippen LogP contribution in [0.25, 0.3) is 10.8 Å². The molecule has 0 bridgehead atoms. The Morgan fingerprint density at radius 1 is 1.00 bits per heavy atom. The van der Waals surface area contributed by atoms with Gasteiger partial charge in [-0.05, 0) is 22.9 Å². The van der Waals surface area contributed by atoms with Crippen LogP contribution in [0.15, 0.2) is 71.8 Å². The number of hydrazone groups is 1. The monoisotopic (exact) mass is 319 g/mol. The van der Waals surface area contributed by atoms with Crippen molar-refractivity contribution in [2.75, 3.05) is 0 Å². The fraction of sp³-hybridized carbons (Fsp3) is 0. The molecule has 0 atom stereocenters. The largest absolute Gasteiger partial charge is 0.271 e. The molecule has 0 aliphatic rings. The number of nitro groups is 1. The average Bonchev–Trinajstić information content (AvgIpc) is 2.62. The molecule has 3 aromatic rings. The summed E-state index contributed by atoms with van der Waals surface area (Å²) >= 11 is 0. The van der Waals surface area contributed by atoms with Gasteiger partial charge in [-0.25, -0.2) is 5.43 Å². The first-order valence-corrected chi connectivity index (χ1v) is 7.21. The maximum Gasteiger partial charge on any atom is 0.271 e. The molecule has 24 heavy (non-hydrogen) atoms. The first kappa shape index (κ1) is 15.4. The van der Waals surface area contributed by atoms with E-state index in [0.717, 1.165) is 16.3 Å². The number of nitrogens with zero attached hydrogens (tertiary/aromatic N) is 2. The molecule has 3 rings (SSSR count). The number of carbonyl (C=O) groups is 1. The molecule has 6 heteroatoms. The van der Waals surface area contributed by atoms with Gasteiger partial charge in [0.1, 0.15) is 0 Å². The second kappa shape index (κ2) is 6.70. The Balaban J connectivity index is 1.73. The van der Waals surface area contributed by atoms with Crippen LogP contribution in [-0.2, 0) is 0 Å². The van der Waals surface area contributed by atoms with Gasteiger partial charge in [-0.3, -0.25) is 14.9 Å². The third-order valence-corrected chi connectivity index (χ3v) is 3.53. The molecule has 0 unspecified atom stereocenters. The lowest BCUT2D eigenvalue weighted by atomic mass is 10.1. The van der Waals surface area contributed by atoms with Gasteiger partial charge in [0.15, 0.2) is 0 Å². The van der Waals surface area contributed by atoms with Crippen molar-refractivity contribution in [1.29, 1.82) is 0 Å². The molecule has 6 nitrogen and oxygen atoms in total. The number of nitro benzene ring substituents is 1. The van der Waals surface area contributed by atoms with Crippen molar-refractivity contribution >= 4 is 28.6 Å². The van der Waals surface area contributed by atoms with E-state index in [9.17, 15) is 14.9 Å². The zero-order valence-corrected chi connectivity index (χ0v) is 12.5. The molecule has 0 spiro atoms. The Bertz CT molecular complexity index is 928. The summed E-state index contributed by atoms with van der Waals surface area (Å²) in [5, 5.41) is 16.7. The summed E-state index contributed by atoms with van der Waals surface area (Å²) in [5.41, 5.74) is 3.55. The number of nitrogens with one attached hydrogen (secondary N) is 1. The van der Waals surface area contributed by atoms with Crippen molar-refractivity contribution in [3.05, 3.63) is 88.0 Å². The first-order valence-electron chi connectivity index (χ1n) is 7.21. The van der Waals surface area contributed by atoms with E-state index >= 15 is 0 Å². The first-order chi connectivity index (χ1) is 11.6. The summed E-state index contributed by atoms with van der Waals surface area (Å²) in [6.07, 6.45) is 1.58. The highest BCUT2D eigenvalue weighted by Gasteiger charge is 2.08. The van der Waals surface area contributed by atoms with Crippen molar-refractivity contribution in [3.8, 4) is 0 Å². The number of amides is 1. The van der Waals surface area contributed by atoms with Crippen LogP contribution in [0.4, 0.5) is 5.69 Å². The SMILES string of the molecule is O=C(NN=Cc1cccc2ccccc12)c1ccc([N+](=O)[O-])cc1. The number of fused-ring (bicyclic) bond motifs is 1.